The molecule has 0 aliphatic carbocycles. The monoisotopic (exact) mass is 434 g/mol. The predicted octanol–water partition coefficient (Wildman–Crippen LogP) is 2.96. The van der Waals surface area contributed by atoms with E-state index in [1.807, 2.05) is 0 Å². The first-order valence-electron chi connectivity index (χ1n) is 8.10. The summed E-state index contributed by atoms with van der Waals surface area (Å²) < 4.78 is 51.8. The van der Waals surface area contributed by atoms with Crippen molar-refractivity contribution in [2.45, 2.75) is 11.4 Å². The van der Waals surface area contributed by atoms with Crippen molar-refractivity contribution in [3.63, 3.8) is 0 Å². The molecule has 0 bridgehead atoms. The molecule has 0 aliphatic heterocycles. The number of hydrogen-bond acceptors (Lipinski definition) is 8. The molecule has 1 heterocycles. The van der Waals surface area contributed by atoms with Crippen LogP contribution in [-0.2, 0) is 16.6 Å². The fourth-order valence-electron chi connectivity index (χ4n) is 2.55. The van der Waals surface area contributed by atoms with Crippen LogP contribution in [0.15, 0.2) is 46.8 Å². The van der Waals surface area contributed by atoms with E-state index >= 15 is 0 Å². The number of hydrogen-bond donors (Lipinski definition) is 0. The highest BCUT2D eigenvalue weighted by atomic mass is 32.2. The first-order chi connectivity index (χ1) is 13.9. The van der Waals surface area contributed by atoms with Gasteiger partial charge in [-0.25, -0.2) is 17.1 Å². The van der Waals surface area contributed by atoms with Gasteiger partial charge in [0.15, 0.2) is 0 Å². The Morgan fingerprint density at radius 3 is 2.62 bits per heavy atom. The third-order valence-corrected chi connectivity index (χ3v) is 6.58. The molecule has 0 amide bonds. The Bertz CT molecular complexity index is 1160. The minimum absolute atomic E-state index is 0.116. The summed E-state index contributed by atoms with van der Waals surface area (Å²) in [4.78, 5) is -0.238. The van der Waals surface area contributed by atoms with Crippen LogP contribution in [0, 0.1) is 17.1 Å². The molecule has 0 aliphatic rings. The number of benzene rings is 2. The van der Waals surface area contributed by atoms with Crippen LogP contribution >= 0.6 is 11.3 Å². The zero-order valence-electron chi connectivity index (χ0n) is 15.4. The van der Waals surface area contributed by atoms with Crippen molar-refractivity contribution in [1.29, 1.82) is 5.26 Å². The van der Waals surface area contributed by atoms with Gasteiger partial charge in [0.05, 0.1) is 31.2 Å². The molecule has 3 rings (SSSR count). The van der Waals surface area contributed by atoms with E-state index in [4.69, 9.17) is 14.7 Å². The average molecular weight is 434 g/mol. The molecule has 0 spiro atoms. The SMILES string of the molecule is COc1ccc(CN(c2nncs2)S(=O)(=O)c2ccc(F)c(C#N)c2)c(OC)c1. The van der Waals surface area contributed by atoms with Crippen molar-refractivity contribution < 1.29 is 22.3 Å². The van der Waals surface area contributed by atoms with Crippen molar-refractivity contribution in [3.8, 4) is 17.6 Å². The number of rotatable bonds is 7. The van der Waals surface area contributed by atoms with Crippen LogP contribution in [0.2, 0.25) is 0 Å². The fraction of sp³-hybridized carbons (Fsp3) is 0.167. The lowest BCUT2D eigenvalue weighted by molar-refractivity contribution is 0.391. The van der Waals surface area contributed by atoms with E-state index in [1.165, 1.54) is 19.7 Å². The minimum atomic E-state index is -4.18. The average Bonchev–Trinajstić information content (AvgIpc) is 3.26. The molecule has 0 N–H and O–H groups in total. The molecule has 8 nitrogen and oxygen atoms in total. The highest BCUT2D eigenvalue weighted by molar-refractivity contribution is 7.93. The van der Waals surface area contributed by atoms with Gasteiger partial charge < -0.3 is 9.47 Å². The van der Waals surface area contributed by atoms with Crippen molar-refractivity contribution >= 4 is 26.5 Å². The number of methoxy groups -OCH3 is 2. The Morgan fingerprint density at radius 1 is 1.21 bits per heavy atom. The summed E-state index contributed by atoms with van der Waals surface area (Å²) >= 11 is 1.03. The van der Waals surface area contributed by atoms with Crippen molar-refractivity contribution in [1.82, 2.24) is 10.2 Å². The molecule has 0 atom stereocenters. The largest absolute Gasteiger partial charge is 0.497 e. The summed E-state index contributed by atoms with van der Waals surface area (Å²) in [5.41, 5.74) is 1.58. The van der Waals surface area contributed by atoms with Gasteiger partial charge in [-0.2, -0.15) is 5.26 Å². The van der Waals surface area contributed by atoms with Gasteiger partial charge in [-0.1, -0.05) is 11.3 Å². The topological polar surface area (TPSA) is 105 Å². The maximum atomic E-state index is 13.7. The van der Waals surface area contributed by atoms with Crippen LogP contribution in [0.25, 0.3) is 0 Å². The van der Waals surface area contributed by atoms with Gasteiger partial charge >= 0.3 is 0 Å². The quantitative estimate of drug-likeness (QED) is 0.563. The van der Waals surface area contributed by atoms with Gasteiger partial charge in [0.2, 0.25) is 5.13 Å². The summed E-state index contributed by atoms with van der Waals surface area (Å²) in [6.45, 7) is -0.121. The minimum Gasteiger partial charge on any atom is -0.497 e. The van der Waals surface area contributed by atoms with E-state index in [1.54, 1.807) is 24.3 Å². The number of aromatic nitrogens is 2. The molecule has 0 fully saturated rings. The summed E-state index contributed by atoms with van der Waals surface area (Å²) in [5.74, 6) is 0.171. The van der Waals surface area contributed by atoms with Crippen LogP contribution in [0.4, 0.5) is 9.52 Å². The van der Waals surface area contributed by atoms with Crippen LogP contribution < -0.4 is 13.8 Å². The van der Waals surface area contributed by atoms with Crippen LogP contribution in [-0.4, -0.2) is 32.8 Å². The first-order valence-corrected chi connectivity index (χ1v) is 10.4. The van der Waals surface area contributed by atoms with Crippen molar-refractivity contribution in [3.05, 3.63) is 58.9 Å². The highest BCUT2D eigenvalue weighted by Crippen LogP contribution is 2.32. The van der Waals surface area contributed by atoms with Crippen molar-refractivity contribution in [2.75, 3.05) is 18.5 Å². The normalized spacial score (nSPS) is 11.0. The Labute approximate surface area is 170 Å². The fourth-order valence-corrected chi connectivity index (χ4v) is 4.75. The lowest BCUT2D eigenvalue weighted by Gasteiger charge is -2.22. The number of ether oxygens (including phenoxy) is 2. The second-order valence-electron chi connectivity index (χ2n) is 5.66. The Morgan fingerprint density at radius 2 is 2.00 bits per heavy atom. The van der Waals surface area contributed by atoms with E-state index in [-0.39, 0.29) is 22.1 Å². The maximum Gasteiger partial charge on any atom is 0.266 e. The third-order valence-electron chi connectivity index (χ3n) is 4.02. The molecule has 11 heteroatoms. The molecule has 2 aromatic carbocycles. The Hall–Kier alpha value is -3.23. The van der Waals surface area contributed by atoms with Crippen LogP contribution in [0.1, 0.15) is 11.1 Å². The molecule has 29 heavy (non-hydrogen) atoms. The molecule has 0 saturated heterocycles. The van der Waals surface area contributed by atoms with E-state index < -0.39 is 15.8 Å². The second kappa shape index (κ2) is 8.42. The second-order valence-corrected chi connectivity index (χ2v) is 8.34. The van der Waals surface area contributed by atoms with Gasteiger partial charge in [-0.05, 0) is 30.3 Å². The predicted molar refractivity (Wildman–Crippen MR) is 104 cm³/mol. The van der Waals surface area contributed by atoms with Gasteiger partial charge in [0.1, 0.15) is 28.9 Å². The number of nitriles is 1. The number of anilines is 1. The molecule has 1 aromatic heterocycles. The van der Waals surface area contributed by atoms with Gasteiger partial charge in [0.25, 0.3) is 10.0 Å². The highest BCUT2D eigenvalue weighted by Gasteiger charge is 2.29. The maximum absolute atomic E-state index is 13.7. The van der Waals surface area contributed by atoms with Gasteiger partial charge in [-0.15, -0.1) is 10.2 Å². The Balaban J connectivity index is 2.09. The molecule has 0 radical (unpaired) electrons. The smallest absolute Gasteiger partial charge is 0.266 e. The van der Waals surface area contributed by atoms with Crippen LogP contribution in [0.3, 0.4) is 0 Å². The lowest BCUT2D eigenvalue weighted by Crippen LogP contribution is -2.31. The number of halogens is 1. The molecule has 0 unspecified atom stereocenters. The zero-order valence-corrected chi connectivity index (χ0v) is 17.0. The molecule has 0 saturated carbocycles. The van der Waals surface area contributed by atoms with E-state index in [9.17, 15) is 12.8 Å². The van der Waals surface area contributed by atoms with Gasteiger partial charge in [0, 0.05) is 11.6 Å². The van der Waals surface area contributed by atoms with E-state index in [2.05, 4.69) is 10.2 Å². The lowest BCUT2D eigenvalue weighted by atomic mass is 10.2. The van der Waals surface area contributed by atoms with E-state index in [0.29, 0.717) is 17.1 Å². The first kappa shape index (κ1) is 20.5. The van der Waals surface area contributed by atoms with Gasteiger partial charge in [-0.3, -0.25) is 0 Å². The molecular weight excluding hydrogens is 419 g/mol. The van der Waals surface area contributed by atoms with Crippen LogP contribution in [0.5, 0.6) is 11.5 Å². The Kier molecular flexibility index (Phi) is 5.95. The summed E-state index contributed by atoms with van der Waals surface area (Å²) in [6.07, 6.45) is 0. The summed E-state index contributed by atoms with van der Waals surface area (Å²) in [5, 5.41) is 16.7. The van der Waals surface area contributed by atoms with Crippen molar-refractivity contribution in [2.24, 2.45) is 0 Å². The third kappa shape index (κ3) is 4.13. The van der Waals surface area contributed by atoms with E-state index in [0.717, 1.165) is 33.8 Å². The zero-order chi connectivity index (χ0) is 21.0. The number of sulfonamides is 1. The molecule has 3 aromatic rings. The summed E-state index contributed by atoms with van der Waals surface area (Å²) in [6, 6.07) is 9.66. The summed E-state index contributed by atoms with van der Waals surface area (Å²) in [7, 11) is -1.21. The number of nitrogens with zero attached hydrogens (tertiary/aromatic N) is 4. The standard InChI is InChI=1S/C18H15FN4O4S2/c1-26-14-4-3-12(17(8-14)27-2)10-23(18-22-21-11-28-18)29(24,25)15-5-6-16(19)13(7-15)9-20/h3-8,11H,10H2,1-2H3. The molecular formula is C18H15FN4O4S2. The molecule has 150 valence electrons.